The third-order valence-corrected chi connectivity index (χ3v) is 2.71. The van der Waals surface area contributed by atoms with Gasteiger partial charge in [0.25, 0.3) is 0 Å². The summed E-state index contributed by atoms with van der Waals surface area (Å²) in [5.74, 6) is 0.0846. The van der Waals surface area contributed by atoms with Gasteiger partial charge in [-0.15, -0.1) is 0 Å². The second-order valence-corrected chi connectivity index (χ2v) is 5.19. The zero-order chi connectivity index (χ0) is 15.1. The van der Waals surface area contributed by atoms with Gasteiger partial charge in [-0.2, -0.15) is 0 Å². The summed E-state index contributed by atoms with van der Waals surface area (Å²) in [6, 6.07) is 5.12. The first-order valence-corrected chi connectivity index (χ1v) is 6.81. The van der Waals surface area contributed by atoms with Gasteiger partial charge in [-0.05, 0) is 30.5 Å². The van der Waals surface area contributed by atoms with E-state index in [4.69, 9.17) is 9.84 Å². The van der Waals surface area contributed by atoms with Crippen molar-refractivity contribution in [2.75, 3.05) is 19.7 Å². The summed E-state index contributed by atoms with van der Waals surface area (Å²) in [6.45, 7) is 7.66. The molecule has 112 valence electrons. The standard InChI is InChI=1S/C15H23NO4/c1-4-20-14-7-12(5-6-13(14)17)9-16(8-11(2)3)10-15(18)19/h5-7,11,17H,4,8-10H2,1-3H3,(H,18,19). The van der Waals surface area contributed by atoms with Gasteiger partial charge in [0.1, 0.15) is 0 Å². The SMILES string of the molecule is CCOc1cc(CN(CC(=O)O)CC(C)C)ccc1O. The van der Waals surface area contributed by atoms with Gasteiger partial charge >= 0.3 is 5.97 Å². The van der Waals surface area contributed by atoms with Gasteiger partial charge in [0.05, 0.1) is 13.2 Å². The van der Waals surface area contributed by atoms with Crippen molar-refractivity contribution in [3.63, 3.8) is 0 Å². The van der Waals surface area contributed by atoms with E-state index in [9.17, 15) is 9.90 Å². The lowest BCUT2D eigenvalue weighted by Gasteiger charge is -2.22. The molecule has 1 rings (SSSR count). The van der Waals surface area contributed by atoms with Crippen molar-refractivity contribution < 1.29 is 19.7 Å². The molecule has 0 unspecified atom stereocenters. The lowest BCUT2D eigenvalue weighted by Crippen LogP contribution is -2.32. The van der Waals surface area contributed by atoms with E-state index in [2.05, 4.69) is 13.8 Å². The van der Waals surface area contributed by atoms with Gasteiger partial charge in [-0.3, -0.25) is 9.69 Å². The van der Waals surface area contributed by atoms with Gasteiger partial charge in [0, 0.05) is 13.1 Å². The highest BCUT2D eigenvalue weighted by Gasteiger charge is 2.13. The number of rotatable bonds is 8. The predicted molar refractivity (Wildman–Crippen MR) is 77.0 cm³/mol. The van der Waals surface area contributed by atoms with E-state index in [1.807, 2.05) is 11.8 Å². The molecule has 0 heterocycles. The van der Waals surface area contributed by atoms with Gasteiger partial charge < -0.3 is 14.9 Å². The molecular weight excluding hydrogens is 258 g/mol. The first kappa shape index (κ1) is 16.3. The molecule has 5 nitrogen and oxygen atoms in total. The highest BCUT2D eigenvalue weighted by atomic mass is 16.5. The largest absolute Gasteiger partial charge is 0.504 e. The van der Waals surface area contributed by atoms with E-state index in [1.165, 1.54) is 0 Å². The van der Waals surface area contributed by atoms with E-state index in [0.717, 1.165) is 5.56 Å². The minimum atomic E-state index is -0.838. The average Bonchev–Trinajstić information content (AvgIpc) is 2.32. The molecule has 0 aliphatic heterocycles. The maximum absolute atomic E-state index is 10.9. The summed E-state index contributed by atoms with van der Waals surface area (Å²) in [5, 5.41) is 18.6. The summed E-state index contributed by atoms with van der Waals surface area (Å²) in [7, 11) is 0. The van der Waals surface area contributed by atoms with Crippen molar-refractivity contribution >= 4 is 5.97 Å². The summed E-state index contributed by atoms with van der Waals surface area (Å²) in [4.78, 5) is 12.8. The van der Waals surface area contributed by atoms with Crippen molar-refractivity contribution in [1.82, 2.24) is 4.90 Å². The molecule has 0 radical (unpaired) electrons. The van der Waals surface area contributed by atoms with E-state index in [0.29, 0.717) is 31.4 Å². The monoisotopic (exact) mass is 281 g/mol. The molecule has 5 heteroatoms. The van der Waals surface area contributed by atoms with Crippen LogP contribution in [0.25, 0.3) is 0 Å². The fourth-order valence-corrected chi connectivity index (χ4v) is 2.08. The number of hydrogen-bond donors (Lipinski definition) is 2. The van der Waals surface area contributed by atoms with E-state index in [1.54, 1.807) is 18.2 Å². The zero-order valence-corrected chi connectivity index (χ0v) is 12.3. The van der Waals surface area contributed by atoms with Crippen molar-refractivity contribution in [3.8, 4) is 11.5 Å². The molecule has 0 aromatic heterocycles. The molecular formula is C15H23NO4. The van der Waals surface area contributed by atoms with E-state index in [-0.39, 0.29) is 12.3 Å². The van der Waals surface area contributed by atoms with E-state index < -0.39 is 5.97 Å². The number of aliphatic carboxylic acids is 1. The Morgan fingerprint density at radius 2 is 2.10 bits per heavy atom. The van der Waals surface area contributed by atoms with Crippen LogP contribution in [0.15, 0.2) is 18.2 Å². The molecule has 0 bridgehead atoms. The molecule has 0 atom stereocenters. The fourth-order valence-electron chi connectivity index (χ4n) is 2.08. The van der Waals surface area contributed by atoms with Crippen LogP contribution in [0.2, 0.25) is 0 Å². The second kappa shape index (κ2) is 7.75. The van der Waals surface area contributed by atoms with Crippen molar-refractivity contribution in [1.29, 1.82) is 0 Å². The quantitative estimate of drug-likeness (QED) is 0.765. The zero-order valence-electron chi connectivity index (χ0n) is 12.3. The number of carbonyl (C=O) groups is 1. The first-order chi connectivity index (χ1) is 9.42. The molecule has 0 amide bonds. The first-order valence-electron chi connectivity index (χ1n) is 6.81. The molecule has 0 spiro atoms. The number of ether oxygens (including phenoxy) is 1. The van der Waals surface area contributed by atoms with Crippen LogP contribution in [0.5, 0.6) is 11.5 Å². The summed E-state index contributed by atoms with van der Waals surface area (Å²) in [6.07, 6.45) is 0. The lowest BCUT2D eigenvalue weighted by molar-refractivity contribution is -0.138. The van der Waals surface area contributed by atoms with Gasteiger partial charge in [-0.25, -0.2) is 0 Å². The average molecular weight is 281 g/mol. The second-order valence-electron chi connectivity index (χ2n) is 5.19. The number of carboxylic acid groups (broad SMARTS) is 1. The Balaban J connectivity index is 2.81. The van der Waals surface area contributed by atoms with Crippen LogP contribution in [0.3, 0.4) is 0 Å². The number of hydrogen-bond acceptors (Lipinski definition) is 4. The Morgan fingerprint density at radius 3 is 2.65 bits per heavy atom. The number of carboxylic acids is 1. The molecule has 0 saturated heterocycles. The van der Waals surface area contributed by atoms with Crippen molar-refractivity contribution in [3.05, 3.63) is 23.8 Å². The highest BCUT2D eigenvalue weighted by Crippen LogP contribution is 2.27. The molecule has 2 N–H and O–H groups in total. The fraction of sp³-hybridized carbons (Fsp3) is 0.533. The van der Waals surface area contributed by atoms with Crippen LogP contribution in [0, 0.1) is 5.92 Å². The van der Waals surface area contributed by atoms with Gasteiger partial charge in [0.15, 0.2) is 11.5 Å². The topological polar surface area (TPSA) is 70.0 Å². The van der Waals surface area contributed by atoms with Crippen LogP contribution in [0.4, 0.5) is 0 Å². The predicted octanol–water partition coefficient (Wildman–Crippen LogP) is 2.33. The smallest absolute Gasteiger partial charge is 0.317 e. The number of benzene rings is 1. The van der Waals surface area contributed by atoms with Gasteiger partial charge in [-0.1, -0.05) is 19.9 Å². The molecule has 0 aliphatic rings. The lowest BCUT2D eigenvalue weighted by atomic mass is 10.1. The van der Waals surface area contributed by atoms with Crippen molar-refractivity contribution in [2.24, 2.45) is 5.92 Å². The Bertz CT molecular complexity index is 445. The maximum Gasteiger partial charge on any atom is 0.317 e. The summed E-state index contributed by atoms with van der Waals surface area (Å²) >= 11 is 0. The molecule has 0 aliphatic carbocycles. The third-order valence-electron chi connectivity index (χ3n) is 2.71. The summed E-state index contributed by atoms with van der Waals surface area (Å²) < 4.78 is 5.34. The minimum absolute atomic E-state index is 0.00300. The highest BCUT2D eigenvalue weighted by molar-refractivity contribution is 5.69. The van der Waals surface area contributed by atoms with Crippen LogP contribution >= 0.6 is 0 Å². The number of phenolic OH excluding ortho intramolecular Hbond substituents is 1. The maximum atomic E-state index is 10.9. The Labute approximate surface area is 119 Å². The Hall–Kier alpha value is -1.75. The van der Waals surface area contributed by atoms with Crippen LogP contribution < -0.4 is 4.74 Å². The molecule has 0 fully saturated rings. The van der Waals surface area contributed by atoms with Crippen LogP contribution in [-0.4, -0.2) is 40.8 Å². The Morgan fingerprint density at radius 1 is 1.40 bits per heavy atom. The van der Waals surface area contributed by atoms with Crippen molar-refractivity contribution in [2.45, 2.75) is 27.3 Å². The van der Waals surface area contributed by atoms with Gasteiger partial charge in [0.2, 0.25) is 0 Å². The minimum Gasteiger partial charge on any atom is -0.504 e. The normalized spacial score (nSPS) is 11.1. The van der Waals surface area contributed by atoms with E-state index >= 15 is 0 Å². The number of aromatic hydroxyl groups is 1. The van der Waals surface area contributed by atoms with Crippen LogP contribution in [-0.2, 0) is 11.3 Å². The number of phenols is 1. The molecule has 20 heavy (non-hydrogen) atoms. The Kier molecular flexibility index (Phi) is 6.31. The molecule has 1 aromatic rings. The van der Waals surface area contributed by atoms with Crippen LogP contribution in [0.1, 0.15) is 26.3 Å². The molecule has 1 aromatic carbocycles. The molecule has 0 saturated carbocycles. The number of nitrogens with zero attached hydrogens (tertiary/aromatic N) is 1. The third kappa shape index (κ3) is 5.48. The summed E-state index contributed by atoms with van der Waals surface area (Å²) in [5.41, 5.74) is 0.924.